The Morgan fingerprint density at radius 1 is 1.27 bits per heavy atom. The Bertz CT molecular complexity index is 520. The quantitative estimate of drug-likeness (QED) is 0.746. The van der Waals surface area contributed by atoms with Crippen LogP contribution in [0.15, 0.2) is 24.3 Å². The Morgan fingerprint density at radius 2 is 1.86 bits per heavy atom. The number of carboxylic acids is 1. The molecule has 0 aromatic heterocycles. The minimum absolute atomic E-state index is 0.138. The van der Waals surface area contributed by atoms with E-state index in [2.05, 4.69) is 10.6 Å². The fourth-order valence-electron chi connectivity index (χ4n) is 1.56. The highest BCUT2D eigenvalue weighted by molar-refractivity contribution is 7.98. The summed E-state index contributed by atoms with van der Waals surface area (Å²) in [5.41, 5.74) is -0.693. The average Bonchev–Trinajstić information content (AvgIpc) is 2.42. The molecule has 1 aromatic rings. The van der Waals surface area contributed by atoms with Crippen LogP contribution in [0.3, 0.4) is 0 Å². The van der Waals surface area contributed by atoms with E-state index in [-0.39, 0.29) is 12.1 Å². The Labute approximate surface area is 129 Å². The molecule has 0 aliphatic heterocycles. The molecule has 9 heteroatoms. The fourth-order valence-corrected chi connectivity index (χ4v) is 2.03. The van der Waals surface area contributed by atoms with Gasteiger partial charge in [0.2, 0.25) is 0 Å². The van der Waals surface area contributed by atoms with Crippen LogP contribution in [0.4, 0.5) is 23.7 Å². The third kappa shape index (κ3) is 5.84. The normalized spacial score (nSPS) is 12.5. The summed E-state index contributed by atoms with van der Waals surface area (Å²) in [4.78, 5) is 22.6. The van der Waals surface area contributed by atoms with Crippen LogP contribution >= 0.6 is 11.8 Å². The van der Waals surface area contributed by atoms with E-state index >= 15 is 0 Å². The Morgan fingerprint density at radius 3 is 2.32 bits per heavy atom. The van der Waals surface area contributed by atoms with E-state index in [4.69, 9.17) is 5.11 Å². The molecule has 2 amide bonds. The standard InChI is InChI=1S/C13H15F3N2O3S/c1-22-7-6-10(11(19)20)18-12(21)17-9-4-2-8(3-5-9)13(14,15)16/h2-5,10H,6-7H2,1H3,(H,19,20)(H2,17,18,21). The molecule has 0 aliphatic carbocycles. The highest BCUT2D eigenvalue weighted by Gasteiger charge is 2.30. The second kappa shape index (κ2) is 7.92. The van der Waals surface area contributed by atoms with Gasteiger partial charge in [0.1, 0.15) is 6.04 Å². The van der Waals surface area contributed by atoms with Crippen molar-refractivity contribution in [3.05, 3.63) is 29.8 Å². The molecular weight excluding hydrogens is 321 g/mol. The first-order chi connectivity index (χ1) is 10.2. The molecule has 1 aromatic carbocycles. The number of carbonyl (C=O) groups excluding carboxylic acids is 1. The average molecular weight is 336 g/mol. The minimum Gasteiger partial charge on any atom is -0.480 e. The van der Waals surface area contributed by atoms with Crippen molar-refractivity contribution < 1.29 is 27.9 Å². The number of nitrogens with one attached hydrogen (secondary N) is 2. The van der Waals surface area contributed by atoms with Gasteiger partial charge in [-0.05, 0) is 42.7 Å². The van der Waals surface area contributed by atoms with Gasteiger partial charge in [-0.25, -0.2) is 9.59 Å². The van der Waals surface area contributed by atoms with Gasteiger partial charge in [-0.15, -0.1) is 0 Å². The summed E-state index contributed by atoms with van der Waals surface area (Å²) in [6.07, 6.45) is -2.40. The topological polar surface area (TPSA) is 78.4 Å². The second-order valence-electron chi connectivity index (χ2n) is 4.35. The number of alkyl halides is 3. The van der Waals surface area contributed by atoms with E-state index in [1.165, 1.54) is 11.8 Å². The number of anilines is 1. The molecule has 3 N–H and O–H groups in total. The Balaban J connectivity index is 2.62. The van der Waals surface area contributed by atoms with Crippen LogP contribution in [-0.4, -0.2) is 35.2 Å². The molecule has 0 heterocycles. The maximum Gasteiger partial charge on any atom is 0.416 e. The summed E-state index contributed by atoms with van der Waals surface area (Å²) in [7, 11) is 0. The van der Waals surface area contributed by atoms with E-state index in [0.717, 1.165) is 24.3 Å². The van der Waals surface area contributed by atoms with Crippen LogP contribution in [0.2, 0.25) is 0 Å². The van der Waals surface area contributed by atoms with Gasteiger partial charge in [0.05, 0.1) is 5.56 Å². The molecule has 122 valence electrons. The largest absolute Gasteiger partial charge is 0.480 e. The summed E-state index contributed by atoms with van der Waals surface area (Å²) in [6, 6.07) is 2.02. The van der Waals surface area contributed by atoms with Gasteiger partial charge in [-0.3, -0.25) is 0 Å². The molecule has 22 heavy (non-hydrogen) atoms. The van der Waals surface area contributed by atoms with Crippen LogP contribution in [0.1, 0.15) is 12.0 Å². The number of carboxylic acid groups (broad SMARTS) is 1. The van der Waals surface area contributed by atoms with Gasteiger partial charge in [0.15, 0.2) is 0 Å². The third-order valence-electron chi connectivity index (χ3n) is 2.68. The Kier molecular flexibility index (Phi) is 6.54. The van der Waals surface area contributed by atoms with Crippen LogP contribution in [0, 0.1) is 0 Å². The van der Waals surface area contributed by atoms with E-state index in [0.29, 0.717) is 5.75 Å². The van der Waals surface area contributed by atoms with Gasteiger partial charge >= 0.3 is 18.2 Å². The lowest BCUT2D eigenvalue weighted by Gasteiger charge is -2.15. The lowest BCUT2D eigenvalue weighted by molar-refractivity contribution is -0.139. The number of aliphatic carboxylic acids is 1. The van der Waals surface area contributed by atoms with Crippen molar-refractivity contribution in [3.8, 4) is 0 Å². The highest BCUT2D eigenvalue weighted by atomic mass is 32.2. The van der Waals surface area contributed by atoms with Crippen molar-refractivity contribution >= 4 is 29.4 Å². The summed E-state index contributed by atoms with van der Waals surface area (Å²) in [6.45, 7) is 0. The zero-order valence-electron chi connectivity index (χ0n) is 11.6. The number of rotatable bonds is 6. The van der Waals surface area contributed by atoms with Gasteiger partial charge in [-0.1, -0.05) is 0 Å². The first-order valence-electron chi connectivity index (χ1n) is 6.20. The summed E-state index contributed by atoms with van der Waals surface area (Å²) < 4.78 is 37.2. The summed E-state index contributed by atoms with van der Waals surface area (Å²) in [5.74, 6) is -0.617. The molecule has 0 saturated carbocycles. The molecule has 1 rings (SSSR count). The van der Waals surface area contributed by atoms with Crippen LogP contribution in [0.5, 0.6) is 0 Å². The number of benzene rings is 1. The molecular formula is C13H15F3N2O3S. The van der Waals surface area contributed by atoms with Crippen LogP contribution in [-0.2, 0) is 11.0 Å². The van der Waals surface area contributed by atoms with Crippen molar-refractivity contribution in [1.29, 1.82) is 0 Å². The molecule has 1 unspecified atom stereocenters. The number of halogens is 3. The van der Waals surface area contributed by atoms with Crippen molar-refractivity contribution in [2.45, 2.75) is 18.6 Å². The van der Waals surface area contributed by atoms with Crippen molar-refractivity contribution in [2.24, 2.45) is 0 Å². The molecule has 0 fully saturated rings. The van der Waals surface area contributed by atoms with E-state index in [9.17, 15) is 22.8 Å². The molecule has 0 aliphatic rings. The number of thioether (sulfide) groups is 1. The number of hydrogen-bond acceptors (Lipinski definition) is 3. The third-order valence-corrected chi connectivity index (χ3v) is 3.33. The maximum atomic E-state index is 12.4. The van der Waals surface area contributed by atoms with Crippen LogP contribution < -0.4 is 10.6 Å². The van der Waals surface area contributed by atoms with E-state index < -0.39 is 29.8 Å². The predicted octanol–water partition coefficient (Wildman–Crippen LogP) is 3.03. The van der Waals surface area contributed by atoms with Crippen molar-refractivity contribution in [2.75, 3.05) is 17.3 Å². The number of amides is 2. The van der Waals surface area contributed by atoms with Crippen molar-refractivity contribution in [3.63, 3.8) is 0 Å². The van der Waals surface area contributed by atoms with Gasteiger partial charge in [0, 0.05) is 5.69 Å². The number of carbonyl (C=O) groups is 2. The summed E-state index contributed by atoms with van der Waals surface area (Å²) >= 11 is 1.44. The van der Waals surface area contributed by atoms with Gasteiger partial charge in [0.25, 0.3) is 0 Å². The zero-order chi connectivity index (χ0) is 16.8. The van der Waals surface area contributed by atoms with Gasteiger partial charge < -0.3 is 15.7 Å². The molecule has 5 nitrogen and oxygen atoms in total. The number of urea groups is 1. The monoisotopic (exact) mass is 336 g/mol. The first kappa shape index (κ1) is 18.1. The molecule has 0 bridgehead atoms. The maximum absolute atomic E-state index is 12.4. The lowest BCUT2D eigenvalue weighted by Crippen LogP contribution is -2.43. The fraction of sp³-hybridized carbons (Fsp3) is 0.385. The molecule has 0 spiro atoms. The predicted molar refractivity (Wildman–Crippen MR) is 78.0 cm³/mol. The minimum atomic E-state index is -4.45. The molecule has 0 saturated heterocycles. The zero-order valence-corrected chi connectivity index (χ0v) is 12.4. The van der Waals surface area contributed by atoms with E-state index in [1.807, 2.05) is 0 Å². The number of hydrogen-bond donors (Lipinski definition) is 3. The molecule has 0 radical (unpaired) electrons. The molecule has 1 atom stereocenters. The van der Waals surface area contributed by atoms with Crippen molar-refractivity contribution in [1.82, 2.24) is 5.32 Å². The lowest BCUT2D eigenvalue weighted by atomic mass is 10.2. The summed E-state index contributed by atoms with van der Waals surface area (Å²) in [5, 5.41) is 13.5. The SMILES string of the molecule is CSCCC(NC(=O)Nc1ccc(C(F)(F)F)cc1)C(=O)O. The Hall–Kier alpha value is -1.90. The van der Waals surface area contributed by atoms with E-state index in [1.54, 1.807) is 6.26 Å². The first-order valence-corrected chi connectivity index (χ1v) is 7.60. The van der Waals surface area contributed by atoms with Crippen LogP contribution in [0.25, 0.3) is 0 Å². The second-order valence-corrected chi connectivity index (χ2v) is 5.33. The van der Waals surface area contributed by atoms with Gasteiger partial charge in [-0.2, -0.15) is 24.9 Å². The smallest absolute Gasteiger partial charge is 0.416 e. The highest BCUT2D eigenvalue weighted by Crippen LogP contribution is 2.29.